The maximum absolute atomic E-state index is 13.4. The number of hydrogen-bond acceptors (Lipinski definition) is 3. The fourth-order valence-electron chi connectivity index (χ4n) is 2.17. The summed E-state index contributed by atoms with van der Waals surface area (Å²) in [5.41, 5.74) is 2.35. The molecule has 0 bridgehead atoms. The van der Waals surface area contributed by atoms with Gasteiger partial charge in [-0.2, -0.15) is 0 Å². The largest absolute Gasteiger partial charge is 0.352 e. The van der Waals surface area contributed by atoms with Gasteiger partial charge in [-0.25, -0.2) is 9.37 Å². The highest BCUT2D eigenvalue weighted by atomic mass is 19.1. The molecule has 1 N–H and O–H groups in total. The molecule has 0 spiro atoms. The lowest BCUT2D eigenvalue weighted by molar-refractivity contribution is 0.576. The van der Waals surface area contributed by atoms with E-state index in [-0.39, 0.29) is 5.82 Å². The van der Waals surface area contributed by atoms with Gasteiger partial charge in [-0.15, -0.1) is 0 Å². The SMILES string of the molecule is CC1=CCN(c2ncc(F)cc2CNC(C)C)CC1. The Morgan fingerprint density at radius 3 is 2.89 bits per heavy atom. The highest BCUT2D eigenvalue weighted by Crippen LogP contribution is 2.22. The minimum atomic E-state index is -0.270. The van der Waals surface area contributed by atoms with Gasteiger partial charge in [-0.05, 0) is 19.4 Å². The van der Waals surface area contributed by atoms with Gasteiger partial charge in [0, 0.05) is 31.2 Å². The second-order valence-electron chi connectivity index (χ2n) is 5.42. The first-order chi connectivity index (χ1) is 9.06. The molecule has 19 heavy (non-hydrogen) atoms. The molecular weight excluding hydrogens is 241 g/mol. The number of halogens is 1. The average Bonchev–Trinajstić information content (AvgIpc) is 2.38. The molecule has 1 aliphatic rings. The summed E-state index contributed by atoms with van der Waals surface area (Å²) in [5, 5.41) is 3.33. The zero-order chi connectivity index (χ0) is 13.8. The molecule has 0 amide bonds. The van der Waals surface area contributed by atoms with E-state index in [1.165, 1.54) is 11.8 Å². The van der Waals surface area contributed by atoms with Gasteiger partial charge in [0.2, 0.25) is 0 Å². The molecule has 3 nitrogen and oxygen atoms in total. The lowest BCUT2D eigenvalue weighted by Gasteiger charge is -2.28. The van der Waals surface area contributed by atoms with Crippen molar-refractivity contribution in [1.82, 2.24) is 10.3 Å². The summed E-state index contributed by atoms with van der Waals surface area (Å²) in [7, 11) is 0. The van der Waals surface area contributed by atoms with Crippen LogP contribution in [-0.2, 0) is 6.54 Å². The van der Waals surface area contributed by atoms with Gasteiger partial charge in [-0.1, -0.05) is 25.5 Å². The summed E-state index contributed by atoms with van der Waals surface area (Å²) in [6.45, 7) is 8.78. The zero-order valence-corrected chi connectivity index (χ0v) is 11.9. The third kappa shape index (κ3) is 3.77. The quantitative estimate of drug-likeness (QED) is 0.847. The molecule has 0 radical (unpaired) electrons. The lowest BCUT2D eigenvalue weighted by Crippen LogP contribution is -2.31. The molecule has 1 aliphatic heterocycles. The van der Waals surface area contributed by atoms with Crippen LogP contribution in [0.15, 0.2) is 23.9 Å². The maximum Gasteiger partial charge on any atom is 0.141 e. The van der Waals surface area contributed by atoms with E-state index in [0.717, 1.165) is 30.9 Å². The van der Waals surface area contributed by atoms with Gasteiger partial charge in [-0.3, -0.25) is 0 Å². The van der Waals surface area contributed by atoms with E-state index in [1.807, 2.05) is 0 Å². The molecule has 1 aromatic heterocycles. The number of nitrogens with zero attached hydrogens (tertiary/aromatic N) is 2. The van der Waals surface area contributed by atoms with Crippen molar-refractivity contribution in [1.29, 1.82) is 0 Å². The topological polar surface area (TPSA) is 28.2 Å². The van der Waals surface area contributed by atoms with Crippen LogP contribution in [0, 0.1) is 5.82 Å². The van der Waals surface area contributed by atoms with Crippen LogP contribution in [0.25, 0.3) is 0 Å². The summed E-state index contributed by atoms with van der Waals surface area (Å²) < 4.78 is 13.4. The Bertz CT molecular complexity index is 468. The molecule has 0 atom stereocenters. The van der Waals surface area contributed by atoms with E-state index < -0.39 is 0 Å². The van der Waals surface area contributed by atoms with Crippen LogP contribution in [0.5, 0.6) is 0 Å². The first-order valence-electron chi connectivity index (χ1n) is 6.84. The minimum absolute atomic E-state index is 0.270. The number of hydrogen-bond donors (Lipinski definition) is 1. The van der Waals surface area contributed by atoms with Gasteiger partial charge in [0.15, 0.2) is 0 Å². The smallest absolute Gasteiger partial charge is 0.141 e. The van der Waals surface area contributed by atoms with Crippen molar-refractivity contribution in [2.75, 3.05) is 18.0 Å². The number of nitrogens with one attached hydrogen (secondary N) is 1. The summed E-state index contributed by atoms with van der Waals surface area (Å²) >= 11 is 0. The second kappa shape index (κ2) is 6.15. The molecule has 0 aliphatic carbocycles. The average molecular weight is 263 g/mol. The highest BCUT2D eigenvalue weighted by Gasteiger charge is 2.16. The molecule has 4 heteroatoms. The van der Waals surface area contributed by atoms with Gasteiger partial charge < -0.3 is 10.2 Å². The van der Waals surface area contributed by atoms with Gasteiger partial charge in [0.1, 0.15) is 11.6 Å². The molecule has 2 rings (SSSR count). The molecule has 0 saturated heterocycles. The van der Waals surface area contributed by atoms with Crippen molar-refractivity contribution >= 4 is 5.82 Å². The third-order valence-corrected chi connectivity index (χ3v) is 3.35. The molecule has 0 aromatic carbocycles. The summed E-state index contributed by atoms with van der Waals surface area (Å²) in [6.07, 6.45) is 4.57. The third-order valence-electron chi connectivity index (χ3n) is 3.35. The van der Waals surface area contributed by atoms with Crippen LogP contribution in [0.4, 0.5) is 10.2 Å². The highest BCUT2D eigenvalue weighted by molar-refractivity contribution is 5.48. The van der Waals surface area contributed by atoms with E-state index in [9.17, 15) is 4.39 Å². The Kier molecular flexibility index (Phi) is 4.53. The van der Waals surface area contributed by atoms with Crippen molar-refractivity contribution in [2.24, 2.45) is 0 Å². The van der Waals surface area contributed by atoms with Gasteiger partial charge >= 0.3 is 0 Å². The van der Waals surface area contributed by atoms with Crippen molar-refractivity contribution in [3.63, 3.8) is 0 Å². The molecule has 0 fully saturated rings. The number of aromatic nitrogens is 1. The fraction of sp³-hybridized carbons (Fsp3) is 0.533. The van der Waals surface area contributed by atoms with E-state index in [2.05, 4.69) is 42.0 Å². The molecule has 0 unspecified atom stereocenters. The number of rotatable bonds is 4. The predicted octanol–water partition coefficient (Wildman–Crippen LogP) is 2.88. The number of pyridine rings is 1. The van der Waals surface area contributed by atoms with Crippen LogP contribution in [0.2, 0.25) is 0 Å². The summed E-state index contributed by atoms with van der Waals surface area (Å²) in [5.74, 6) is 0.631. The molecule has 2 heterocycles. The Labute approximate surface area is 114 Å². The van der Waals surface area contributed by atoms with Crippen LogP contribution in [-0.4, -0.2) is 24.1 Å². The maximum atomic E-state index is 13.4. The van der Waals surface area contributed by atoms with Crippen molar-refractivity contribution in [3.05, 3.63) is 35.3 Å². The summed E-state index contributed by atoms with van der Waals surface area (Å²) in [4.78, 5) is 6.50. The monoisotopic (exact) mass is 263 g/mol. The van der Waals surface area contributed by atoms with Gasteiger partial charge in [0.25, 0.3) is 0 Å². The molecule has 104 valence electrons. The number of anilines is 1. The molecule has 1 aromatic rings. The predicted molar refractivity (Wildman–Crippen MR) is 76.8 cm³/mol. The first-order valence-corrected chi connectivity index (χ1v) is 6.84. The molecule has 0 saturated carbocycles. The molecular formula is C15H22FN3. The standard InChI is InChI=1S/C15H22FN3/c1-11(2)17-9-13-8-14(16)10-18-15(13)19-6-4-12(3)5-7-19/h4,8,10-11,17H,5-7,9H2,1-3H3. The van der Waals surface area contributed by atoms with Crippen molar-refractivity contribution in [2.45, 2.75) is 39.8 Å². The first kappa shape index (κ1) is 14.0. The van der Waals surface area contributed by atoms with E-state index >= 15 is 0 Å². The Balaban J connectivity index is 2.19. The summed E-state index contributed by atoms with van der Waals surface area (Å²) in [6, 6.07) is 1.96. The van der Waals surface area contributed by atoms with E-state index in [4.69, 9.17) is 0 Å². The van der Waals surface area contributed by atoms with Crippen LogP contribution < -0.4 is 10.2 Å². The lowest BCUT2D eigenvalue weighted by atomic mass is 10.1. The van der Waals surface area contributed by atoms with E-state index in [0.29, 0.717) is 12.6 Å². The Morgan fingerprint density at radius 1 is 1.47 bits per heavy atom. The Morgan fingerprint density at radius 2 is 2.26 bits per heavy atom. The minimum Gasteiger partial charge on any atom is -0.352 e. The van der Waals surface area contributed by atoms with Crippen LogP contribution in [0.1, 0.15) is 32.8 Å². The van der Waals surface area contributed by atoms with Crippen molar-refractivity contribution < 1.29 is 4.39 Å². The Hall–Kier alpha value is -1.42. The van der Waals surface area contributed by atoms with E-state index in [1.54, 1.807) is 6.07 Å². The normalized spacial score (nSPS) is 15.8. The fourth-order valence-corrected chi connectivity index (χ4v) is 2.17. The van der Waals surface area contributed by atoms with Crippen LogP contribution >= 0.6 is 0 Å². The van der Waals surface area contributed by atoms with Gasteiger partial charge in [0.05, 0.1) is 6.20 Å². The van der Waals surface area contributed by atoms with Crippen LogP contribution in [0.3, 0.4) is 0 Å². The second-order valence-corrected chi connectivity index (χ2v) is 5.42. The zero-order valence-electron chi connectivity index (χ0n) is 11.9. The van der Waals surface area contributed by atoms with Crippen molar-refractivity contribution in [3.8, 4) is 0 Å².